The summed E-state index contributed by atoms with van der Waals surface area (Å²) in [6.07, 6.45) is 1.70. The number of aliphatic hydroxyl groups is 1. The number of hydrogen-bond donors (Lipinski definition) is 2. The number of rotatable bonds is 10. The molecule has 0 aliphatic rings. The van der Waals surface area contributed by atoms with E-state index in [-0.39, 0.29) is 12.9 Å². The Hall–Kier alpha value is -0.160. The van der Waals surface area contributed by atoms with Crippen LogP contribution in [-0.4, -0.2) is 44.3 Å². The van der Waals surface area contributed by atoms with Crippen molar-refractivity contribution in [1.82, 2.24) is 5.32 Å². The minimum Gasteiger partial charge on any atom is -0.396 e. The van der Waals surface area contributed by atoms with Crippen LogP contribution in [0.1, 0.15) is 26.7 Å². The van der Waals surface area contributed by atoms with Crippen molar-refractivity contribution in [3.63, 3.8) is 0 Å². The van der Waals surface area contributed by atoms with Gasteiger partial charge in [0.15, 0.2) is 6.29 Å². The van der Waals surface area contributed by atoms with Gasteiger partial charge in [-0.2, -0.15) is 0 Å². The highest BCUT2D eigenvalue weighted by Crippen LogP contribution is 1.93. The fourth-order valence-corrected chi connectivity index (χ4v) is 1.12. The van der Waals surface area contributed by atoms with Crippen molar-refractivity contribution in [3.8, 4) is 0 Å². The summed E-state index contributed by atoms with van der Waals surface area (Å²) in [7, 11) is 0. The highest BCUT2D eigenvalue weighted by atomic mass is 16.7. The molecule has 4 nitrogen and oxygen atoms in total. The molecule has 0 aromatic rings. The van der Waals surface area contributed by atoms with Gasteiger partial charge in [-0.15, -0.1) is 0 Å². The van der Waals surface area contributed by atoms with Gasteiger partial charge in [0.2, 0.25) is 0 Å². The first-order valence-corrected chi connectivity index (χ1v) is 5.39. The minimum atomic E-state index is -0.140. The van der Waals surface area contributed by atoms with Crippen LogP contribution in [0, 0.1) is 0 Å². The Morgan fingerprint density at radius 1 is 1.14 bits per heavy atom. The van der Waals surface area contributed by atoms with E-state index in [1.54, 1.807) is 0 Å². The van der Waals surface area contributed by atoms with Crippen LogP contribution in [0.4, 0.5) is 0 Å². The monoisotopic (exact) mass is 205 g/mol. The van der Waals surface area contributed by atoms with Crippen LogP contribution < -0.4 is 5.32 Å². The Morgan fingerprint density at radius 2 is 1.79 bits per heavy atom. The number of ether oxygens (including phenoxy) is 2. The van der Waals surface area contributed by atoms with Gasteiger partial charge in [0, 0.05) is 26.4 Å². The third-order valence-electron chi connectivity index (χ3n) is 1.78. The molecule has 0 atom stereocenters. The van der Waals surface area contributed by atoms with E-state index in [1.807, 2.05) is 13.8 Å². The van der Waals surface area contributed by atoms with Crippen molar-refractivity contribution in [1.29, 1.82) is 0 Å². The summed E-state index contributed by atoms with van der Waals surface area (Å²) in [6, 6.07) is 0. The van der Waals surface area contributed by atoms with E-state index in [9.17, 15) is 0 Å². The van der Waals surface area contributed by atoms with Gasteiger partial charge in [0.1, 0.15) is 0 Å². The molecule has 0 saturated heterocycles. The molecular weight excluding hydrogens is 182 g/mol. The average Bonchev–Trinajstić information content (AvgIpc) is 2.18. The summed E-state index contributed by atoms with van der Waals surface area (Å²) in [5.74, 6) is 0. The summed E-state index contributed by atoms with van der Waals surface area (Å²) in [5, 5.41) is 11.8. The molecule has 0 aromatic carbocycles. The smallest absolute Gasteiger partial charge is 0.169 e. The molecule has 4 heteroatoms. The molecule has 0 fully saturated rings. The van der Waals surface area contributed by atoms with Crippen molar-refractivity contribution in [2.75, 3.05) is 32.9 Å². The summed E-state index contributed by atoms with van der Waals surface area (Å²) in [6.45, 7) is 7.13. The second kappa shape index (κ2) is 10.9. The standard InChI is InChI=1S/C10H23NO3/c1-3-13-10(14-4-2)9-11-7-5-6-8-12/h10-12H,3-9H2,1-2H3. The van der Waals surface area contributed by atoms with Crippen LogP contribution in [0.3, 0.4) is 0 Å². The average molecular weight is 205 g/mol. The van der Waals surface area contributed by atoms with E-state index in [0.717, 1.165) is 19.4 Å². The van der Waals surface area contributed by atoms with E-state index >= 15 is 0 Å². The number of unbranched alkanes of at least 4 members (excludes halogenated alkanes) is 1. The largest absolute Gasteiger partial charge is 0.396 e. The molecule has 0 bridgehead atoms. The highest BCUT2D eigenvalue weighted by molar-refractivity contribution is 4.52. The van der Waals surface area contributed by atoms with Gasteiger partial charge in [-0.05, 0) is 33.2 Å². The third kappa shape index (κ3) is 8.44. The Morgan fingerprint density at radius 3 is 2.29 bits per heavy atom. The Kier molecular flexibility index (Phi) is 10.8. The van der Waals surface area contributed by atoms with E-state index in [2.05, 4.69) is 5.32 Å². The van der Waals surface area contributed by atoms with Crippen molar-refractivity contribution < 1.29 is 14.6 Å². The molecule has 0 spiro atoms. The molecule has 14 heavy (non-hydrogen) atoms. The van der Waals surface area contributed by atoms with E-state index in [0.29, 0.717) is 19.8 Å². The minimum absolute atomic E-state index is 0.140. The zero-order valence-corrected chi connectivity index (χ0v) is 9.29. The van der Waals surface area contributed by atoms with Crippen LogP contribution in [0.2, 0.25) is 0 Å². The first-order valence-electron chi connectivity index (χ1n) is 5.39. The Bertz CT molecular complexity index is 106. The van der Waals surface area contributed by atoms with Gasteiger partial charge in [-0.3, -0.25) is 0 Å². The topological polar surface area (TPSA) is 50.7 Å². The van der Waals surface area contributed by atoms with Crippen LogP contribution in [0.15, 0.2) is 0 Å². The second-order valence-corrected chi connectivity index (χ2v) is 2.98. The highest BCUT2D eigenvalue weighted by Gasteiger charge is 2.05. The van der Waals surface area contributed by atoms with E-state index in [1.165, 1.54) is 0 Å². The lowest BCUT2D eigenvalue weighted by Gasteiger charge is -2.17. The lowest BCUT2D eigenvalue weighted by atomic mass is 10.3. The summed E-state index contributed by atoms with van der Waals surface area (Å²) in [4.78, 5) is 0. The molecule has 0 saturated carbocycles. The van der Waals surface area contributed by atoms with Gasteiger partial charge in [0.05, 0.1) is 0 Å². The third-order valence-corrected chi connectivity index (χ3v) is 1.78. The van der Waals surface area contributed by atoms with Crippen LogP contribution in [0.5, 0.6) is 0 Å². The molecule has 0 unspecified atom stereocenters. The Labute approximate surface area is 86.6 Å². The fraction of sp³-hybridized carbons (Fsp3) is 1.00. The van der Waals surface area contributed by atoms with Crippen LogP contribution >= 0.6 is 0 Å². The summed E-state index contributed by atoms with van der Waals surface area (Å²) >= 11 is 0. The Balaban J connectivity index is 3.30. The number of hydrogen-bond acceptors (Lipinski definition) is 4. The molecule has 0 rings (SSSR count). The van der Waals surface area contributed by atoms with Gasteiger partial charge in [-0.1, -0.05) is 0 Å². The van der Waals surface area contributed by atoms with Crippen molar-refractivity contribution in [2.24, 2.45) is 0 Å². The molecular formula is C10H23NO3. The quantitative estimate of drug-likeness (QED) is 0.408. The first-order chi connectivity index (χ1) is 6.85. The molecule has 0 aromatic heterocycles. The molecule has 0 radical (unpaired) electrons. The number of aliphatic hydroxyl groups excluding tert-OH is 1. The molecule has 0 amide bonds. The molecule has 0 aliphatic carbocycles. The van der Waals surface area contributed by atoms with Gasteiger partial charge < -0.3 is 19.9 Å². The molecule has 2 N–H and O–H groups in total. The lowest BCUT2D eigenvalue weighted by Crippen LogP contribution is -2.32. The van der Waals surface area contributed by atoms with E-state index < -0.39 is 0 Å². The van der Waals surface area contributed by atoms with Crippen LogP contribution in [0.25, 0.3) is 0 Å². The maximum Gasteiger partial charge on any atom is 0.169 e. The lowest BCUT2D eigenvalue weighted by molar-refractivity contribution is -0.132. The van der Waals surface area contributed by atoms with Gasteiger partial charge >= 0.3 is 0 Å². The maximum atomic E-state index is 8.57. The summed E-state index contributed by atoms with van der Waals surface area (Å²) < 4.78 is 10.7. The number of nitrogens with one attached hydrogen (secondary N) is 1. The molecule has 0 aliphatic heterocycles. The fourth-order valence-electron chi connectivity index (χ4n) is 1.12. The first kappa shape index (κ1) is 13.8. The van der Waals surface area contributed by atoms with Crippen molar-refractivity contribution >= 4 is 0 Å². The predicted octanol–water partition coefficient (Wildman–Crippen LogP) is 0.748. The molecule has 86 valence electrons. The predicted molar refractivity (Wildman–Crippen MR) is 56.2 cm³/mol. The normalized spacial score (nSPS) is 11.1. The zero-order chi connectivity index (χ0) is 10.6. The van der Waals surface area contributed by atoms with Gasteiger partial charge in [-0.25, -0.2) is 0 Å². The van der Waals surface area contributed by atoms with Crippen LogP contribution in [-0.2, 0) is 9.47 Å². The summed E-state index contributed by atoms with van der Waals surface area (Å²) in [5.41, 5.74) is 0. The zero-order valence-electron chi connectivity index (χ0n) is 9.29. The SMILES string of the molecule is CCOC(CNCCCCO)OCC. The van der Waals surface area contributed by atoms with Gasteiger partial charge in [0.25, 0.3) is 0 Å². The van der Waals surface area contributed by atoms with E-state index in [4.69, 9.17) is 14.6 Å². The maximum absolute atomic E-state index is 8.57. The second-order valence-electron chi connectivity index (χ2n) is 2.98. The molecule has 0 heterocycles. The van der Waals surface area contributed by atoms with Crippen molar-refractivity contribution in [3.05, 3.63) is 0 Å². The van der Waals surface area contributed by atoms with Crippen molar-refractivity contribution in [2.45, 2.75) is 33.0 Å².